The molecule has 5 nitrogen and oxygen atoms in total. The number of hydrogen-bond acceptors (Lipinski definition) is 4. The first-order valence-corrected chi connectivity index (χ1v) is 10.6. The molecule has 0 aliphatic rings. The second-order valence-electron chi connectivity index (χ2n) is 6.09. The number of aromatic nitrogens is 3. The topological polar surface area (TPSA) is 59.8 Å². The molecule has 0 unspecified atom stereocenters. The predicted molar refractivity (Wildman–Crippen MR) is 115 cm³/mol. The van der Waals surface area contributed by atoms with Crippen LogP contribution in [-0.4, -0.2) is 26.4 Å². The first kappa shape index (κ1) is 20.7. The van der Waals surface area contributed by atoms with E-state index < -0.39 is 0 Å². The summed E-state index contributed by atoms with van der Waals surface area (Å²) in [4.78, 5) is 12.3. The first-order chi connectivity index (χ1) is 13.6. The fraction of sp³-hybridized carbons (Fsp3) is 0.250. The lowest BCUT2D eigenvalue weighted by atomic mass is 10.1. The molecular formula is C20H20Cl2N4OS. The Morgan fingerprint density at radius 3 is 2.64 bits per heavy atom. The molecular weight excluding hydrogens is 415 g/mol. The third-order valence-corrected chi connectivity index (χ3v) is 5.66. The van der Waals surface area contributed by atoms with Crippen molar-refractivity contribution in [2.75, 3.05) is 11.1 Å². The standard InChI is InChI=1S/C20H20Cl2N4OS/c1-2-26-18(11-8-14-6-4-3-5-7-14)24-25-20(26)28-13-19(27)23-17-12-15(21)9-10-16(17)22/h3-7,9-10,12H,2,8,11,13H2,1H3,(H,23,27). The number of carbonyl (C=O) groups excluding carboxylic acids is 1. The Morgan fingerprint density at radius 2 is 1.89 bits per heavy atom. The van der Waals surface area contributed by atoms with E-state index in [0.717, 1.165) is 30.4 Å². The van der Waals surface area contributed by atoms with Gasteiger partial charge in [-0.25, -0.2) is 0 Å². The van der Waals surface area contributed by atoms with Gasteiger partial charge in [-0.2, -0.15) is 0 Å². The molecule has 1 aromatic heterocycles. The van der Waals surface area contributed by atoms with Crippen molar-refractivity contribution < 1.29 is 4.79 Å². The van der Waals surface area contributed by atoms with Crippen molar-refractivity contribution in [3.05, 3.63) is 70.0 Å². The van der Waals surface area contributed by atoms with E-state index in [1.807, 2.05) is 29.7 Å². The lowest BCUT2D eigenvalue weighted by Crippen LogP contribution is -2.15. The molecule has 0 radical (unpaired) electrons. The van der Waals surface area contributed by atoms with Gasteiger partial charge in [-0.1, -0.05) is 65.3 Å². The second-order valence-corrected chi connectivity index (χ2v) is 7.88. The van der Waals surface area contributed by atoms with Crippen LogP contribution in [-0.2, 0) is 24.2 Å². The molecule has 3 aromatic rings. The van der Waals surface area contributed by atoms with Crippen LogP contribution in [0.15, 0.2) is 53.7 Å². The number of benzene rings is 2. The average molecular weight is 435 g/mol. The molecule has 0 fully saturated rings. The zero-order chi connectivity index (χ0) is 19.9. The maximum atomic E-state index is 12.3. The lowest BCUT2D eigenvalue weighted by molar-refractivity contribution is -0.113. The van der Waals surface area contributed by atoms with E-state index in [1.54, 1.807) is 18.2 Å². The Kier molecular flexibility index (Phi) is 7.36. The molecule has 28 heavy (non-hydrogen) atoms. The SMILES string of the molecule is CCn1c(CCc2ccccc2)nnc1SCC(=O)Nc1cc(Cl)ccc1Cl. The second kappa shape index (κ2) is 9.96. The van der Waals surface area contributed by atoms with E-state index in [4.69, 9.17) is 23.2 Å². The van der Waals surface area contributed by atoms with Gasteiger partial charge >= 0.3 is 0 Å². The van der Waals surface area contributed by atoms with Gasteiger partial charge in [0.05, 0.1) is 16.5 Å². The molecule has 8 heteroatoms. The Balaban J connectivity index is 1.59. The van der Waals surface area contributed by atoms with Crippen LogP contribution in [0.3, 0.4) is 0 Å². The van der Waals surface area contributed by atoms with E-state index >= 15 is 0 Å². The van der Waals surface area contributed by atoms with Gasteiger partial charge in [0.1, 0.15) is 5.82 Å². The number of thioether (sulfide) groups is 1. The van der Waals surface area contributed by atoms with Gasteiger partial charge in [0, 0.05) is 18.0 Å². The van der Waals surface area contributed by atoms with E-state index in [2.05, 4.69) is 27.6 Å². The zero-order valence-corrected chi connectivity index (χ0v) is 17.7. The zero-order valence-electron chi connectivity index (χ0n) is 15.4. The summed E-state index contributed by atoms with van der Waals surface area (Å²) in [5, 5.41) is 13.0. The van der Waals surface area contributed by atoms with Crippen LogP contribution in [0, 0.1) is 0 Å². The third kappa shape index (κ3) is 5.50. The largest absolute Gasteiger partial charge is 0.324 e. The number of carbonyl (C=O) groups is 1. The van der Waals surface area contributed by atoms with Crippen molar-refractivity contribution >= 4 is 46.6 Å². The monoisotopic (exact) mass is 434 g/mol. The maximum Gasteiger partial charge on any atom is 0.234 e. The van der Waals surface area contributed by atoms with Gasteiger partial charge in [0.15, 0.2) is 5.16 Å². The summed E-state index contributed by atoms with van der Waals surface area (Å²) in [6, 6.07) is 15.2. The van der Waals surface area contributed by atoms with Crippen molar-refractivity contribution in [1.29, 1.82) is 0 Å². The summed E-state index contributed by atoms with van der Waals surface area (Å²) in [6.45, 7) is 2.80. The van der Waals surface area contributed by atoms with Crippen molar-refractivity contribution in [3.8, 4) is 0 Å². The minimum atomic E-state index is -0.175. The molecule has 1 amide bonds. The molecule has 0 aliphatic heterocycles. The van der Waals surface area contributed by atoms with E-state index in [9.17, 15) is 4.79 Å². The van der Waals surface area contributed by atoms with Gasteiger partial charge in [0.25, 0.3) is 0 Å². The van der Waals surface area contributed by atoms with Gasteiger partial charge in [-0.05, 0) is 37.1 Å². The van der Waals surface area contributed by atoms with Gasteiger partial charge in [-0.3, -0.25) is 4.79 Å². The van der Waals surface area contributed by atoms with Crippen LogP contribution in [0.25, 0.3) is 0 Å². The van der Waals surface area contributed by atoms with Crippen LogP contribution in [0.1, 0.15) is 18.3 Å². The predicted octanol–water partition coefficient (Wildman–Crippen LogP) is 5.12. The number of amides is 1. The summed E-state index contributed by atoms with van der Waals surface area (Å²) in [5.74, 6) is 0.956. The highest BCUT2D eigenvalue weighted by Gasteiger charge is 2.14. The Morgan fingerprint density at radius 1 is 1.11 bits per heavy atom. The molecule has 3 rings (SSSR count). The molecule has 0 spiro atoms. The number of aryl methyl sites for hydroxylation is 2. The fourth-order valence-corrected chi connectivity index (χ4v) is 3.90. The minimum absolute atomic E-state index is 0.175. The molecule has 0 saturated carbocycles. The first-order valence-electron chi connectivity index (χ1n) is 8.90. The Bertz CT molecular complexity index is 947. The fourth-order valence-electron chi connectivity index (χ4n) is 2.74. The smallest absolute Gasteiger partial charge is 0.234 e. The number of hydrogen-bond donors (Lipinski definition) is 1. The van der Waals surface area contributed by atoms with Gasteiger partial charge < -0.3 is 9.88 Å². The van der Waals surface area contributed by atoms with Crippen LogP contribution in [0.5, 0.6) is 0 Å². The summed E-state index contributed by atoms with van der Waals surface area (Å²) in [5.41, 5.74) is 1.76. The highest BCUT2D eigenvalue weighted by Crippen LogP contribution is 2.26. The van der Waals surface area contributed by atoms with E-state index in [1.165, 1.54) is 17.3 Å². The molecule has 1 heterocycles. The molecule has 0 bridgehead atoms. The molecule has 2 aromatic carbocycles. The highest BCUT2D eigenvalue weighted by atomic mass is 35.5. The van der Waals surface area contributed by atoms with Crippen LogP contribution >= 0.6 is 35.0 Å². The molecule has 146 valence electrons. The Hall–Kier alpha value is -2.02. The highest BCUT2D eigenvalue weighted by molar-refractivity contribution is 7.99. The number of anilines is 1. The third-order valence-electron chi connectivity index (χ3n) is 4.12. The molecule has 1 N–H and O–H groups in total. The number of nitrogens with one attached hydrogen (secondary N) is 1. The molecule has 0 aliphatic carbocycles. The number of halogens is 2. The summed E-state index contributed by atoms with van der Waals surface area (Å²) < 4.78 is 2.05. The van der Waals surface area contributed by atoms with Crippen molar-refractivity contribution in [1.82, 2.24) is 14.8 Å². The maximum absolute atomic E-state index is 12.3. The molecule has 0 atom stereocenters. The number of rotatable bonds is 8. The average Bonchev–Trinajstić information content (AvgIpc) is 3.10. The van der Waals surface area contributed by atoms with Crippen molar-refractivity contribution in [2.45, 2.75) is 31.5 Å². The van der Waals surface area contributed by atoms with Crippen LogP contribution < -0.4 is 5.32 Å². The van der Waals surface area contributed by atoms with Gasteiger partial charge in [-0.15, -0.1) is 10.2 Å². The minimum Gasteiger partial charge on any atom is -0.324 e. The van der Waals surface area contributed by atoms with E-state index in [0.29, 0.717) is 15.7 Å². The summed E-state index contributed by atoms with van der Waals surface area (Å²) in [7, 11) is 0. The summed E-state index contributed by atoms with van der Waals surface area (Å²) in [6.07, 6.45) is 1.70. The Labute approximate surface area is 178 Å². The lowest BCUT2D eigenvalue weighted by Gasteiger charge is -2.09. The summed E-state index contributed by atoms with van der Waals surface area (Å²) >= 11 is 13.4. The van der Waals surface area contributed by atoms with Gasteiger partial charge in [0.2, 0.25) is 5.91 Å². The van der Waals surface area contributed by atoms with Crippen LogP contribution in [0.4, 0.5) is 5.69 Å². The van der Waals surface area contributed by atoms with Crippen molar-refractivity contribution in [2.24, 2.45) is 0 Å². The molecule has 0 saturated heterocycles. The van der Waals surface area contributed by atoms with Crippen molar-refractivity contribution in [3.63, 3.8) is 0 Å². The van der Waals surface area contributed by atoms with E-state index in [-0.39, 0.29) is 11.7 Å². The normalized spacial score (nSPS) is 10.8. The van der Waals surface area contributed by atoms with Crippen LogP contribution in [0.2, 0.25) is 10.0 Å². The number of nitrogens with zero attached hydrogens (tertiary/aromatic N) is 3. The quantitative estimate of drug-likeness (QED) is 0.499.